The molecule has 0 saturated heterocycles. The van der Waals surface area contributed by atoms with Crippen LogP contribution in [0.1, 0.15) is 0 Å². The van der Waals surface area contributed by atoms with Gasteiger partial charge in [-0.15, -0.1) is 11.3 Å². The molecule has 0 bridgehead atoms. The second-order valence-electron chi connectivity index (χ2n) is 6.07. The van der Waals surface area contributed by atoms with E-state index in [0.29, 0.717) is 0 Å². The highest BCUT2D eigenvalue weighted by atomic mass is 35.5. The molecule has 0 unspecified atom stereocenters. The van der Waals surface area contributed by atoms with Gasteiger partial charge in [-0.1, -0.05) is 54.6 Å². The lowest BCUT2D eigenvalue weighted by Gasteiger charge is -2.07. The van der Waals surface area contributed by atoms with Crippen LogP contribution in [0.25, 0.3) is 42.6 Å². The van der Waals surface area contributed by atoms with Gasteiger partial charge in [-0.05, 0) is 40.9 Å². The van der Waals surface area contributed by atoms with Gasteiger partial charge in [-0.3, -0.25) is 0 Å². The van der Waals surface area contributed by atoms with Gasteiger partial charge in [0.25, 0.3) is 0 Å². The number of halogens is 1. The highest BCUT2D eigenvalue weighted by Crippen LogP contribution is 2.40. The van der Waals surface area contributed by atoms with E-state index in [1.807, 2.05) is 23.5 Å². The van der Waals surface area contributed by atoms with Crippen molar-refractivity contribution < 1.29 is 0 Å². The van der Waals surface area contributed by atoms with E-state index < -0.39 is 0 Å². The molecule has 0 amide bonds. The van der Waals surface area contributed by atoms with Gasteiger partial charge in [0.1, 0.15) is 0 Å². The van der Waals surface area contributed by atoms with Crippen LogP contribution >= 0.6 is 22.9 Å². The van der Waals surface area contributed by atoms with Crippen LogP contribution in [-0.2, 0) is 0 Å². The molecular weight excluding hydrogens is 360 g/mol. The Balaban J connectivity index is 1.72. The van der Waals surface area contributed by atoms with E-state index in [0.717, 1.165) is 11.3 Å². The third-order valence-electron chi connectivity index (χ3n) is 4.50. The second kappa shape index (κ2) is 6.20. The lowest BCUT2D eigenvalue weighted by Crippen LogP contribution is -1.87. The van der Waals surface area contributed by atoms with Crippen LogP contribution in [0.4, 0.5) is 0 Å². The van der Waals surface area contributed by atoms with E-state index >= 15 is 0 Å². The topological polar surface area (TPSA) is 25.8 Å². The van der Waals surface area contributed by atoms with Crippen molar-refractivity contribution in [3.05, 3.63) is 84.3 Å². The van der Waals surface area contributed by atoms with Crippen LogP contribution in [0.5, 0.6) is 0 Å². The Morgan fingerprint density at radius 2 is 1.58 bits per heavy atom. The Hall–Kier alpha value is -2.75. The molecule has 26 heavy (non-hydrogen) atoms. The molecule has 2 nitrogen and oxygen atoms in total. The maximum absolute atomic E-state index is 5.95. The Morgan fingerprint density at radius 3 is 2.50 bits per heavy atom. The number of hydrogen-bond acceptors (Lipinski definition) is 3. The quantitative estimate of drug-likeness (QED) is 0.317. The van der Waals surface area contributed by atoms with Crippen molar-refractivity contribution in [1.29, 1.82) is 0 Å². The van der Waals surface area contributed by atoms with Gasteiger partial charge >= 0.3 is 0 Å². The molecule has 3 aromatic carbocycles. The maximum Gasteiger partial charge on any atom is 0.222 e. The Morgan fingerprint density at radius 1 is 0.769 bits per heavy atom. The molecule has 0 aliphatic carbocycles. The Labute approximate surface area is 159 Å². The molecule has 0 aliphatic heterocycles. The van der Waals surface area contributed by atoms with Crippen LogP contribution in [0.3, 0.4) is 0 Å². The summed E-state index contributed by atoms with van der Waals surface area (Å²) in [5, 5.41) is 2.88. The van der Waals surface area contributed by atoms with Gasteiger partial charge < -0.3 is 0 Å². The number of thiophene rings is 1. The van der Waals surface area contributed by atoms with Gasteiger partial charge in [0.2, 0.25) is 5.28 Å². The summed E-state index contributed by atoms with van der Waals surface area (Å²) in [7, 11) is 0. The molecule has 0 N–H and O–H groups in total. The zero-order chi connectivity index (χ0) is 17.5. The first kappa shape index (κ1) is 15.5. The van der Waals surface area contributed by atoms with E-state index in [9.17, 15) is 0 Å². The fraction of sp³-hybridized carbons (Fsp3) is 0. The molecule has 5 rings (SSSR count). The van der Waals surface area contributed by atoms with Gasteiger partial charge in [0.15, 0.2) is 0 Å². The average molecular weight is 373 g/mol. The van der Waals surface area contributed by atoms with Crippen LogP contribution in [0, 0.1) is 0 Å². The van der Waals surface area contributed by atoms with E-state index in [2.05, 4.69) is 70.6 Å². The molecule has 124 valence electrons. The molecule has 0 saturated carbocycles. The van der Waals surface area contributed by atoms with E-state index in [1.165, 1.54) is 31.3 Å². The first-order valence-corrected chi connectivity index (χ1v) is 9.49. The molecule has 0 radical (unpaired) electrons. The largest absolute Gasteiger partial charge is 0.226 e. The molecule has 0 spiro atoms. The average Bonchev–Trinajstić information content (AvgIpc) is 3.07. The first-order valence-electron chi connectivity index (χ1n) is 8.29. The second-order valence-corrected chi connectivity index (χ2v) is 7.46. The molecular formula is C22H13ClN2S. The third-order valence-corrected chi connectivity index (χ3v) is 5.90. The van der Waals surface area contributed by atoms with Gasteiger partial charge in [0, 0.05) is 31.9 Å². The van der Waals surface area contributed by atoms with Crippen LogP contribution < -0.4 is 0 Å². The Kier molecular flexibility index (Phi) is 3.70. The van der Waals surface area contributed by atoms with Crippen molar-refractivity contribution in [1.82, 2.24) is 9.97 Å². The monoisotopic (exact) mass is 372 g/mol. The number of benzene rings is 3. The summed E-state index contributed by atoms with van der Waals surface area (Å²) in [6.45, 7) is 0. The summed E-state index contributed by atoms with van der Waals surface area (Å²) < 4.78 is 2.63. The van der Waals surface area contributed by atoms with E-state index in [4.69, 9.17) is 11.6 Å². The normalized spacial score (nSPS) is 11.3. The van der Waals surface area contributed by atoms with Crippen molar-refractivity contribution in [2.75, 3.05) is 0 Å². The molecule has 2 aromatic heterocycles. The number of nitrogens with zero attached hydrogens (tertiary/aromatic N) is 2. The minimum Gasteiger partial charge on any atom is -0.226 e. The van der Waals surface area contributed by atoms with Crippen molar-refractivity contribution in [2.24, 2.45) is 0 Å². The summed E-state index contributed by atoms with van der Waals surface area (Å²) in [4.78, 5) is 8.30. The number of fused-ring (bicyclic) bond motifs is 3. The third kappa shape index (κ3) is 2.57. The highest BCUT2D eigenvalue weighted by Gasteiger charge is 2.11. The molecule has 0 fully saturated rings. The standard InChI is InChI=1S/C22H13ClN2S/c23-22-24-12-11-19(25-22)15-6-3-5-14(13-15)16-8-4-9-18-17-7-1-2-10-20(17)26-21(16)18/h1-13H. The van der Waals surface area contributed by atoms with Gasteiger partial charge in [0.05, 0.1) is 5.69 Å². The highest BCUT2D eigenvalue weighted by molar-refractivity contribution is 7.26. The van der Waals surface area contributed by atoms with Gasteiger partial charge in [-0.25, -0.2) is 9.97 Å². The predicted molar refractivity (Wildman–Crippen MR) is 111 cm³/mol. The minimum atomic E-state index is 0.263. The summed E-state index contributed by atoms with van der Waals surface area (Å²) in [6.07, 6.45) is 1.68. The van der Waals surface area contributed by atoms with Crippen molar-refractivity contribution in [2.45, 2.75) is 0 Å². The molecule has 2 heterocycles. The zero-order valence-electron chi connectivity index (χ0n) is 13.7. The first-order chi connectivity index (χ1) is 12.8. The molecule has 0 atom stereocenters. The molecule has 5 aromatic rings. The van der Waals surface area contributed by atoms with Crippen molar-refractivity contribution >= 4 is 43.1 Å². The molecule has 0 aliphatic rings. The number of rotatable bonds is 2. The van der Waals surface area contributed by atoms with Crippen molar-refractivity contribution in [3.8, 4) is 22.4 Å². The fourth-order valence-electron chi connectivity index (χ4n) is 3.32. The van der Waals surface area contributed by atoms with E-state index in [1.54, 1.807) is 6.20 Å². The van der Waals surface area contributed by atoms with Crippen LogP contribution in [-0.4, -0.2) is 9.97 Å². The summed E-state index contributed by atoms with van der Waals surface area (Å²) >= 11 is 7.79. The number of hydrogen-bond donors (Lipinski definition) is 0. The summed E-state index contributed by atoms with van der Waals surface area (Å²) in [5.41, 5.74) is 4.28. The fourth-order valence-corrected chi connectivity index (χ4v) is 4.70. The van der Waals surface area contributed by atoms with Gasteiger partial charge in [-0.2, -0.15) is 0 Å². The smallest absolute Gasteiger partial charge is 0.222 e. The summed E-state index contributed by atoms with van der Waals surface area (Å²) in [5.74, 6) is 0. The SMILES string of the molecule is Clc1nccc(-c2cccc(-c3cccc4c3sc3ccccc34)c2)n1. The zero-order valence-corrected chi connectivity index (χ0v) is 15.3. The minimum absolute atomic E-state index is 0.263. The van der Waals surface area contributed by atoms with Crippen LogP contribution in [0.2, 0.25) is 5.28 Å². The maximum atomic E-state index is 5.95. The van der Waals surface area contributed by atoms with Crippen LogP contribution in [0.15, 0.2) is 79.0 Å². The molecule has 4 heteroatoms. The van der Waals surface area contributed by atoms with Crippen molar-refractivity contribution in [3.63, 3.8) is 0 Å². The van der Waals surface area contributed by atoms with E-state index in [-0.39, 0.29) is 5.28 Å². The predicted octanol–water partition coefficient (Wildman–Crippen LogP) is 6.83. The lowest BCUT2D eigenvalue weighted by molar-refractivity contribution is 1.17. The summed E-state index contributed by atoms with van der Waals surface area (Å²) in [6, 6.07) is 25.4. The Bertz CT molecular complexity index is 1260. The lowest BCUT2D eigenvalue weighted by atomic mass is 10.00. The number of aromatic nitrogens is 2.